The molecule has 0 saturated carbocycles. The summed E-state index contributed by atoms with van der Waals surface area (Å²) in [6.07, 6.45) is 12.1. The fourth-order valence-electron chi connectivity index (χ4n) is 3.14. The fourth-order valence-corrected chi connectivity index (χ4v) is 3.14. The van der Waals surface area contributed by atoms with Crippen LogP contribution >= 0.6 is 0 Å². The molecule has 0 aliphatic carbocycles. The molecule has 0 aliphatic rings. The zero-order chi connectivity index (χ0) is 22.2. The van der Waals surface area contributed by atoms with E-state index in [1.165, 1.54) is 31.3 Å². The summed E-state index contributed by atoms with van der Waals surface area (Å²) in [5.74, 6) is -0.278. The van der Waals surface area contributed by atoms with Crippen molar-refractivity contribution in [2.75, 3.05) is 13.2 Å². The topological polar surface area (TPSA) is 52.6 Å². The van der Waals surface area contributed by atoms with Gasteiger partial charge in [0.25, 0.3) is 0 Å². The molecule has 0 saturated heterocycles. The molecule has 0 fully saturated rings. The molecular formula is C26H40O4. The van der Waals surface area contributed by atoms with Gasteiger partial charge in [-0.15, -0.1) is 0 Å². The molecule has 0 bridgehead atoms. The summed E-state index contributed by atoms with van der Waals surface area (Å²) in [4.78, 5) is 24.5. The minimum absolute atomic E-state index is 0.383. The highest BCUT2D eigenvalue weighted by Crippen LogP contribution is 2.14. The van der Waals surface area contributed by atoms with E-state index in [0.29, 0.717) is 30.3 Å². The van der Waals surface area contributed by atoms with Crippen molar-refractivity contribution in [3.63, 3.8) is 0 Å². The van der Waals surface area contributed by atoms with Gasteiger partial charge in [-0.3, -0.25) is 0 Å². The van der Waals surface area contributed by atoms with Gasteiger partial charge in [0.05, 0.1) is 24.3 Å². The van der Waals surface area contributed by atoms with Crippen LogP contribution in [0.5, 0.6) is 0 Å². The average molecular weight is 417 g/mol. The molecule has 1 aromatic rings. The monoisotopic (exact) mass is 416 g/mol. The average Bonchev–Trinajstić information content (AvgIpc) is 2.72. The van der Waals surface area contributed by atoms with Crippen LogP contribution in [0.15, 0.2) is 35.9 Å². The van der Waals surface area contributed by atoms with Crippen LogP contribution in [0, 0.1) is 5.92 Å². The first kappa shape index (κ1) is 25.9. The molecule has 1 atom stereocenters. The largest absolute Gasteiger partial charge is 0.462 e. The fraction of sp³-hybridized carbons (Fsp3) is 0.615. The first-order chi connectivity index (χ1) is 14.4. The van der Waals surface area contributed by atoms with Crippen LogP contribution in [-0.4, -0.2) is 25.2 Å². The lowest BCUT2D eigenvalue weighted by molar-refractivity contribution is 0.0484. The molecule has 0 aliphatic heterocycles. The molecular weight excluding hydrogens is 376 g/mol. The van der Waals surface area contributed by atoms with E-state index in [0.717, 1.165) is 32.1 Å². The van der Waals surface area contributed by atoms with Crippen molar-refractivity contribution in [2.45, 2.75) is 85.5 Å². The third-order valence-corrected chi connectivity index (χ3v) is 5.12. The summed E-state index contributed by atoms with van der Waals surface area (Å²) in [5, 5.41) is 0. The maximum Gasteiger partial charge on any atom is 0.338 e. The Labute approximate surface area is 183 Å². The Kier molecular flexibility index (Phi) is 13.6. The van der Waals surface area contributed by atoms with Gasteiger partial charge < -0.3 is 9.47 Å². The minimum atomic E-state index is -0.392. The van der Waals surface area contributed by atoms with E-state index < -0.39 is 5.97 Å². The Morgan fingerprint density at radius 3 is 2.13 bits per heavy atom. The summed E-state index contributed by atoms with van der Waals surface area (Å²) in [6.45, 7) is 9.38. The molecule has 1 aromatic carbocycles. The van der Waals surface area contributed by atoms with Crippen LogP contribution in [0.4, 0.5) is 0 Å². The van der Waals surface area contributed by atoms with E-state index in [-0.39, 0.29) is 5.97 Å². The van der Waals surface area contributed by atoms with E-state index in [4.69, 9.17) is 9.47 Å². The quantitative estimate of drug-likeness (QED) is 0.173. The summed E-state index contributed by atoms with van der Waals surface area (Å²) in [5.41, 5.74) is 2.12. The predicted molar refractivity (Wildman–Crippen MR) is 123 cm³/mol. The summed E-state index contributed by atoms with van der Waals surface area (Å²) in [6, 6.07) is 6.60. The Morgan fingerprint density at radius 2 is 1.50 bits per heavy atom. The first-order valence-electron chi connectivity index (χ1n) is 11.5. The lowest BCUT2D eigenvalue weighted by Crippen LogP contribution is -2.11. The molecule has 0 aromatic heterocycles. The van der Waals surface area contributed by atoms with Crippen molar-refractivity contribution >= 4 is 11.9 Å². The van der Waals surface area contributed by atoms with Crippen LogP contribution in [0.25, 0.3) is 0 Å². The van der Waals surface area contributed by atoms with Gasteiger partial charge in [-0.2, -0.15) is 0 Å². The van der Waals surface area contributed by atoms with Gasteiger partial charge in [0.15, 0.2) is 0 Å². The van der Waals surface area contributed by atoms with Crippen LogP contribution in [-0.2, 0) is 9.47 Å². The summed E-state index contributed by atoms with van der Waals surface area (Å²) < 4.78 is 10.7. The molecule has 0 amide bonds. The Balaban J connectivity index is 2.34. The number of esters is 2. The second-order valence-electron chi connectivity index (χ2n) is 8.37. The van der Waals surface area contributed by atoms with Gasteiger partial charge in [-0.05, 0) is 63.6 Å². The Morgan fingerprint density at radius 1 is 0.900 bits per heavy atom. The second-order valence-corrected chi connectivity index (χ2v) is 8.37. The second kappa shape index (κ2) is 15.7. The van der Waals surface area contributed by atoms with Crippen LogP contribution in [0.1, 0.15) is 106 Å². The predicted octanol–water partition coefficient (Wildman–Crippen LogP) is 7.13. The molecule has 0 radical (unpaired) electrons. The summed E-state index contributed by atoms with van der Waals surface area (Å²) in [7, 11) is 0. The molecule has 4 heteroatoms. The molecule has 0 N–H and O–H groups in total. The molecule has 0 heterocycles. The van der Waals surface area contributed by atoms with Crippen LogP contribution < -0.4 is 0 Å². The van der Waals surface area contributed by atoms with E-state index in [1.807, 2.05) is 0 Å². The van der Waals surface area contributed by atoms with Crippen molar-refractivity contribution in [1.29, 1.82) is 0 Å². The van der Waals surface area contributed by atoms with Gasteiger partial charge in [-0.1, -0.05) is 63.7 Å². The first-order valence-corrected chi connectivity index (χ1v) is 11.5. The van der Waals surface area contributed by atoms with Gasteiger partial charge in [-0.25, -0.2) is 9.59 Å². The lowest BCUT2D eigenvalue weighted by Gasteiger charge is -2.11. The van der Waals surface area contributed by atoms with Crippen molar-refractivity contribution in [2.24, 2.45) is 5.92 Å². The zero-order valence-corrected chi connectivity index (χ0v) is 19.4. The van der Waals surface area contributed by atoms with Crippen LogP contribution in [0.2, 0.25) is 0 Å². The number of rotatable bonds is 15. The number of hydrogen-bond donors (Lipinski definition) is 0. The standard InChI is InChI=1S/C26H40O4/c1-5-6-7-8-9-10-18-29-25(27)23-15-12-16-24(20-23)26(28)30-19-17-22(4)14-11-13-21(2)3/h12-13,15-16,20,22H,5-11,14,17-19H2,1-4H3. The van der Waals surface area contributed by atoms with E-state index in [2.05, 4.69) is 33.8 Å². The highest BCUT2D eigenvalue weighted by Gasteiger charge is 2.13. The van der Waals surface area contributed by atoms with E-state index in [1.54, 1.807) is 24.3 Å². The van der Waals surface area contributed by atoms with Crippen LogP contribution in [0.3, 0.4) is 0 Å². The van der Waals surface area contributed by atoms with Crippen molar-refractivity contribution < 1.29 is 19.1 Å². The number of benzene rings is 1. The maximum absolute atomic E-state index is 12.3. The minimum Gasteiger partial charge on any atom is -0.462 e. The summed E-state index contributed by atoms with van der Waals surface area (Å²) >= 11 is 0. The van der Waals surface area contributed by atoms with E-state index >= 15 is 0 Å². The van der Waals surface area contributed by atoms with Gasteiger partial charge in [0, 0.05) is 0 Å². The van der Waals surface area contributed by atoms with Gasteiger partial charge >= 0.3 is 11.9 Å². The highest BCUT2D eigenvalue weighted by atomic mass is 16.5. The number of carbonyl (C=O) groups is 2. The molecule has 168 valence electrons. The number of carbonyl (C=O) groups excluding carboxylic acids is 2. The number of unbranched alkanes of at least 4 members (excludes halogenated alkanes) is 5. The molecule has 4 nitrogen and oxygen atoms in total. The molecule has 0 spiro atoms. The van der Waals surface area contributed by atoms with Gasteiger partial charge in [0.2, 0.25) is 0 Å². The molecule has 30 heavy (non-hydrogen) atoms. The SMILES string of the molecule is CCCCCCCCOC(=O)c1cccc(C(=O)OCCC(C)CCC=C(C)C)c1. The highest BCUT2D eigenvalue weighted by molar-refractivity contribution is 5.95. The third-order valence-electron chi connectivity index (χ3n) is 5.12. The smallest absolute Gasteiger partial charge is 0.338 e. The number of allylic oxidation sites excluding steroid dienone is 2. The Hall–Kier alpha value is -2.10. The number of ether oxygens (including phenoxy) is 2. The van der Waals surface area contributed by atoms with Crippen molar-refractivity contribution in [3.05, 3.63) is 47.0 Å². The van der Waals surface area contributed by atoms with Gasteiger partial charge in [0.1, 0.15) is 0 Å². The van der Waals surface area contributed by atoms with Crippen molar-refractivity contribution in [1.82, 2.24) is 0 Å². The number of hydrogen-bond acceptors (Lipinski definition) is 4. The lowest BCUT2D eigenvalue weighted by atomic mass is 10.0. The maximum atomic E-state index is 12.3. The molecule has 1 unspecified atom stereocenters. The normalized spacial score (nSPS) is 11.6. The third kappa shape index (κ3) is 11.8. The Bertz CT molecular complexity index is 659. The van der Waals surface area contributed by atoms with Crippen molar-refractivity contribution in [3.8, 4) is 0 Å². The zero-order valence-electron chi connectivity index (χ0n) is 19.4. The molecule has 1 rings (SSSR count). The van der Waals surface area contributed by atoms with E-state index in [9.17, 15) is 9.59 Å².